The van der Waals surface area contributed by atoms with Gasteiger partial charge in [-0.1, -0.05) is 27.2 Å². The zero-order chi connectivity index (χ0) is 14.5. The van der Waals surface area contributed by atoms with Gasteiger partial charge in [-0.3, -0.25) is 0 Å². The fraction of sp³-hybridized carbons (Fsp3) is 0.667. The third-order valence-corrected chi connectivity index (χ3v) is 4.54. The summed E-state index contributed by atoms with van der Waals surface area (Å²) in [5, 5.41) is 3.76. The Kier molecular flexibility index (Phi) is 5.33. The van der Waals surface area contributed by atoms with Gasteiger partial charge in [0.2, 0.25) is 0 Å². The Bertz CT molecular complexity index is 398. The highest BCUT2D eigenvalue weighted by atomic mass is 16.5. The van der Waals surface area contributed by atoms with Crippen LogP contribution in [0.3, 0.4) is 0 Å². The minimum absolute atomic E-state index is 0.608. The van der Waals surface area contributed by atoms with Crippen LogP contribution in [0.4, 0.5) is 5.69 Å². The van der Waals surface area contributed by atoms with Gasteiger partial charge in [-0.05, 0) is 61.8 Å². The fourth-order valence-corrected chi connectivity index (χ4v) is 3.40. The van der Waals surface area contributed by atoms with E-state index in [0.717, 1.165) is 30.1 Å². The second-order valence-electron chi connectivity index (χ2n) is 6.53. The first-order chi connectivity index (χ1) is 9.60. The Balaban J connectivity index is 2.02. The van der Waals surface area contributed by atoms with Crippen molar-refractivity contribution >= 4 is 5.69 Å². The number of hydrogen-bond acceptors (Lipinski definition) is 2. The van der Waals surface area contributed by atoms with Gasteiger partial charge in [0.15, 0.2) is 0 Å². The van der Waals surface area contributed by atoms with Crippen LogP contribution < -0.4 is 10.1 Å². The summed E-state index contributed by atoms with van der Waals surface area (Å²) >= 11 is 0. The molecule has 0 spiro atoms. The van der Waals surface area contributed by atoms with Gasteiger partial charge >= 0.3 is 0 Å². The summed E-state index contributed by atoms with van der Waals surface area (Å²) in [6, 6.07) is 9.01. The lowest BCUT2D eigenvalue weighted by Crippen LogP contribution is -2.37. The SMILES string of the molecule is CCOc1ccc(NC2CC(C)CCC2C(C)C)cc1. The molecule has 3 unspecified atom stereocenters. The minimum Gasteiger partial charge on any atom is -0.494 e. The van der Waals surface area contributed by atoms with Crippen molar-refractivity contribution in [3.8, 4) is 5.75 Å². The van der Waals surface area contributed by atoms with Crippen LogP contribution in [0.15, 0.2) is 24.3 Å². The van der Waals surface area contributed by atoms with E-state index in [9.17, 15) is 0 Å². The summed E-state index contributed by atoms with van der Waals surface area (Å²) in [6.45, 7) is 9.83. The number of rotatable bonds is 5. The van der Waals surface area contributed by atoms with Gasteiger partial charge < -0.3 is 10.1 Å². The molecular formula is C18H29NO. The predicted octanol–water partition coefficient (Wildman–Crippen LogP) is 4.96. The van der Waals surface area contributed by atoms with Gasteiger partial charge in [-0.15, -0.1) is 0 Å². The molecule has 0 heterocycles. The molecule has 1 aliphatic rings. The van der Waals surface area contributed by atoms with Crippen LogP contribution in [0.5, 0.6) is 5.75 Å². The molecule has 1 saturated carbocycles. The third-order valence-electron chi connectivity index (χ3n) is 4.54. The molecule has 0 saturated heterocycles. The van der Waals surface area contributed by atoms with E-state index in [1.54, 1.807) is 0 Å². The summed E-state index contributed by atoms with van der Waals surface area (Å²) in [6.07, 6.45) is 4.02. The van der Waals surface area contributed by atoms with Crippen molar-refractivity contribution in [1.82, 2.24) is 0 Å². The molecule has 2 rings (SSSR count). The van der Waals surface area contributed by atoms with E-state index in [0.29, 0.717) is 6.04 Å². The number of benzene rings is 1. The van der Waals surface area contributed by atoms with Crippen LogP contribution in [0.25, 0.3) is 0 Å². The average Bonchev–Trinajstić information content (AvgIpc) is 2.41. The quantitative estimate of drug-likeness (QED) is 0.820. The number of nitrogens with one attached hydrogen (secondary N) is 1. The van der Waals surface area contributed by atoms with Gasteiger partial charge in [0, 0.05) is 11.7 Å². The van der Waals surface area contributed by atoms with Crippen molar-refractivity contribution in [3.63, 3.8) is 0 Å². The first-order valence-corrected chi connectivity index (χ1v) is 8.09. The maximum atomic E-state index is 5.50. The van der Waals surface area contributed by atoms with Crippen LogP contribution >= 0.6 is 0 Å². The molecule has 1 aromatic rings. The minimum atomic E-state index is 0.608. The lowest BCUT2D eigenvalue weighted by molar-refractivity contribution is 0.212. The van der Waals surface area contributed by atoms with Gasteiger partial charge in [0.1, 0.15) is 5.75 Å². The zero-order valence-corrected chi connectivity index (χ0v) is 13.4. The standard InChI is InChI=1S/C18H29NO/c1-5-20-16-9-7-15(8-10-16)19-18-12-14(4)6-11-17(18)13(2)3/h7-10,13-14,17-19H,5-6,11-12H2,1-4H3. The summed E-state index contributed by atoms with van der Waals surface area (Å²) in [5.74, 6) is 3.33. The molecule has 0 radical (unpaired) electrons. The van der Waals surface area contributed by atoms with Gasteiger partial charge in [-0.25, -0.2) is 0 Å². The van der Waals surface area contributed by atoms with Crippen molar-refractivity contribution in [2.24, 2.45) is 17.8 Å². The second-order valence-corrected chi connectivity index (χ2v) is 6.53. The monoisotopic (exact) mass is 275 g/mol. The molecule has 0 amide bonds. The highest BCUT2D eigenvalue weighted by Gasteiger charge is 2.30. The Hall–Kier alpha value is -1.18. The lowest BCUT2D eigenvalue weighted by atomic mass is 9.74. The van der Waals surface area contributed by atoms with E-state index in [1.165, 1.54) is 24.9 Å². The first-order valence-electron chi connectivity index (χ1n) is 8.09. The molecule has 0 aliphatic heterocycles. The molecule has 1 N–H and O–H groups in total. The highest BCUT2D eigenvalue weighted by molar-refractivity contribution is 5.47. The molecule has 1 aliphatic carbocycles. The van der Waals surface area contributed by atoms with E-state index in [4.69, 9.17) is 4.74 Å². The van der Waals surface area contributed by atoms with E-state index in [2.05, 4.69) is 50.4 Å². The maximum Gasteiger partial charge on any atom is 0.119 e. The molecule has 0 bridgehead atoms. The number of hydrogen-bond donors (Lipinski definition) is 1. The lowest BCUT2D eigenvalue weighted by Gasteiger charge is -2.38. The molecule has 1 aromatic carbocycles. The van der Waals surface area contributed by atoms with Gasteiger partial charge in [-0.2, -0.15) is 0 Å². The summed E-state index contributed by atoms with van der Waals surface area (Å²) in [7, 11) is 0. The first kappa shape index (κ1) is 15.2. The van der Waals surface area contributed by atoms with Crippen molar-refractivity contribution in [2.75, 3.05) is 11.9 Å². The van der Waals surface area contributed by atoms with Crippen LogP contribution in [0.1, 0.15) is 47.0 Å². The van der Waals surface area contributed by atoms with Crippen molar-refractivity contribution in [2.45, 2.75) is 53.0 Å². The Morgan fingerprint density at radius 1 is 1.20 bits per heavy atom. The maximum absolute atomic E-state index is 5.50. The fourth-order valence-electron chi connectivity index (χ4n) is 3.40. The van der Waals surface area contributed by atoms with E-state index in [1.807, 2.05) is 6.92 Å². The van der Waals surface area contributed by atoms with E-state index < -0.39 is 0 Å². The molecule has 2 heteroatoms. The largest absolute Gasteiger partial charge is 0.494 e. The molecule has 0 aromatic heterocycles. The van der Waals surface area contributed by atoms with E-state index in [-0.39, 0.29) is 0 Å². The number of ether oxygens (including phenoxy) is 1. The zero-order valence-electron chi connectivity index (χ0n) is 13.4. The summed E-state index contributed by atoms with van der Waals surface area (Å²) in [5.41, 5.74) is 1.22. The Morgan fingerprint density at radius 3 is 2.50 bits per heavy atom. The average molecular weight is 275 g/mol. The molecular weight excluding hydrogens is 246 g/mol. The normalized spacial score (nSPS) is 26.6. The topological polar surface area (TPSA) is 21.3 Å². The summed E-state index contributed by atoms with van der Waals surface area (Å²) in [4.78, 5) is 0. The Morgan fingerprint density at radius 2 is 1.90 bits per heavy atom. The molecule has 20 heavy (non-hydrogen) atoms. The second kappa shape index (κ2) is 7.01. The molecule has 1 fully saturated rings. The van der Waals surface area contributed by atoms with Crippen LogP contribution in [0.2, 0.25) is 0 Å². The molecule has 3 atom stereocenters. The molecule has 112 valence electrons. The van der Waals surface area contributed by atoms with Crippen molar-refractivity contribution in [1.29, 1.82) is 0 Å². The third kappa shape index (κ3) is 3.91. The van der Waals surface area contributed by atoms with Crippen molar-refractivity contribution in [3.05, 3.63) is 24.3 Å². The molecule has 2 nitrogen and oxygen atoms in total. The smallest absolute Gasteiger partial charge is 0.119 e. The van der Waals surface area contributed by atoms with Gasteiger partial charge in [0.25, 0.3) is 0 Å². The number of anilines is 1. The van der Waals surface area contributed by atoms with Crippen molar-refractivity contribution < 1.29 is 4.74 Å². The summed E-state index contributed by atoms with van der Waals surface area (Å²) < 4.78 is 5.50. The predicted molar refractivity (Wildman–Crippen MR) is 86.4 cm³/mol. The van der Waals surface area contributed by atoms with Crippen LogP contribution in [0, 0.1) is 17.8 Å². The Labute approximate surface area is 123 Å². The van der Waals surface area contributed by atoms with Crippen LogP contribution in [-0.4, -0.2) is 12.6 Å². The van der Waals surface area contributed by atoms with Crippen LogP contribution in [-0.2, 0) is 0 Å². The highest BCUT2D eigenvalue weighted by Crippen LogP contribution is 2.35. The van der Waals surface area contributed by atoms with E-state index >= 15 is 0 Å². The van der Waals surface area contributed by atoms with Gasteiger partial charge in [0.05, 0.1) is 6.61 Å².